The summed E-state index contributed by atoms with van der Waals surface area (Å²) in [5.74, 6) is 0.863. The van der Waals surface area contributed by atoms with Crippen LogP contribution in [-0.4, -0.2) is 33.5 Å². The second-order valence-corrected chi connectivity index (χ2v) is 5.88. The minimum absolute atomic E-state index is 0.0407. The van der Waals surface area contributed by atoms with Crippen LogP contribution in [0.3, 0.4) is 0 Å². The van der Waals surface area contributed by atoms with Crippen molar-refractivity contribution >= 4 is 34.2 Å². The van der Waals surface area contributed by atoms with Gasteiger partial charge in [0.15, 0.2) is 5.82 Å². The van der Waals surface area contributed by atoms with Gasteiger partial charge in [0.1, 0.15) is 11.8 Å². The lowest BCUT2D eigenvalue weighted by Gasteiger charge is -2.02. The van der Waals surface area contributed by atoms with Crippen molar-refractivity contribution < 1.29 is 9.53 Å². The van der Waals surface area contributed by atoms with Gasteiger partial charge in [0.2, 0.25) is 5.13 Å². The molecule has 110 valence electrons. The highest BCUT2D eigenvalue weighted by atomic mass is 35.5. The first-order valence-electron chi connectivity index (χ1n) is 6.54. The standard InChI is InChI=1S/C13H13ClN4O2S/c14-11-9(2-1-5-15-11)12-17-13(21-18-12)16-10(19)7-20-6-8-3-4-8/h1-2,5,8H,3-4,6-7H2,(H,16,17,18,19). The third-order valence-corrected chi connectivity index (χ3v) is 3.89. The molecule has 8 heteroatoms. The minimum atomic E-state index is -0.226. The van der Waals surface area contributed by atoms with Gasteiger partial charge in [0, 0.05) is 17.7 Å². The lowest BCUT2D eigenvalue weighted by atomic mass is 10.3. The highest BCUT2D eigenvalue weighted by molar-refractivity contribution is 7.10. The fourth-order valence-corrected chi connectivity index (χ4v) is 2.50. The molecule has 1 aliphatic carbocycles. The second-order valence-electron chi connectivity index (χ2n) is 4.77. The number of aromatic nitrogens is 3. The number of ether oxygens (including phenoxy) is 1. The minimum Gasteiger partial charge on any atom is -0.371 e. The molecule has 1 N–H and O–H groups in total. The molecule has 0 atom stereocenters. The molecule has 1 fully saturated rings. The quantitative estimate of drug-likeness (QED) is 0.826. The van der Waals surface area contributed by atoms with Gasteiger partial charge in [-0.3, -0.25) is 10.1 Å². The number of nitrogens with one attached hydrogen (secondary N) is 1. The summed E-state index contributed by atoms with van der Waals surface area (Å²) >= 11 is 7.08. The van der Waals surface area contributed by atoms with E-state index in [-0.39, 0.29) is 12.5 Å². The summed E-state index contributed by atoms with van der Waals surface area (Å²) in [6.45, 7) is 0.694. The van der Waals surface area contributed by atoms with Crippen LogP contribution >= 0.6 is 23.1 Å². The maximum atomic E-state index is 11.7. The van der Waals surface area contributed by atoms with Gasteiger partial charge in [-0.2, -0.15) is 9.36 Å². The van der Waals surface area contributed by atoms with Crippen LogP contribution in [0.5, 0.6) is 0 Å². The van der Waals surface area contributed by atoms with Gasteiger partial charge in [-0.15, -0.1) is 0 Å². The molecule has 1 amide bonds. The Labute approximate surface area is 130 Å². The number of carbonyl (C=O) groups is 1. The van der Waals surface area contributed by atoms with Crippen LogP contribution < -0.4 is 5.32 Å². The fourth-order valence-electron chi connectivity index (χ4n) is 1.69. The fraction of sp³-hybridized carbons (Fsp3) is 0.385. The number of amides is 1. The second kappa shape index (κ2) is 6.46. The molecule has 2 heterocycles. The smallest absolute Gasteiger partial charge is 0.252 e. The first kappa shape index (κ1) is 14.4. The Bertz CT molecular complexity index is 645. The SMILES string of the molecule is O=C(COCC1CC1)Nc1nc(-c2cccnc2Cl)ns1. The molecule has 0 spiro atoms. The van der Waals surface area contributed by atoms with Crippen LogP contribution in [0.1, 0.15) is 12.8 Å². The number of nitrogens with zero attached hydrogens (tertiary/aromatic N) is 3. The number of carbonyl (C=O) groups excluding carboxylic acids is 1. The number of hydrogen-bond acceptors (Lipinski definition) is 6. The molecule has 6 nitrogen and oxygen atoms in total. The Morgan fingerprint density at radius 3 is 3.14 bits per heavy atom. The summed E-state index contributed by atoms with van der Waals surface area (Å²) in [6, 6.07) is 3.54. The van der Waals surface area contributed by atoms with Crippen molar-refractivity contribution in [3.63, 3.8) is 0 Å². The van der Waals surface area contributed by atoms with Crippen LogP contribution in [0.25, 0.3) is 11.4 Å². The summed E-state index contributed by atoms with van der Waals surface area (Å²) in [6.07, 6.45) is 4.00. The zero-order valence-corrected chi connectivity index (χ0v) is 12.7. The highest BCUT2D eigenvalue weighted by Gasteiger charge is 2.21. The molecule has 1 aliphatic rings. The van der Waals surface area contributed by atoms with E-state index in [9.17, 15) is 4.79 Å². The zero-order chi connectivity index (χ0) is 14.7. The van der Waals surface area contributed by atoms with Crippen molar-refractivity contribution in [2.24, 2.45) is 5.92 Å². The lowest BCUT2D eigenvalue weighted by Crippen LogP contribution is -2.18. The van der Waals surface area contributed by atoms with E-state index < -0.39 is 0 Å². The van der Waals surface area contributed by atoms with E-state index in [1.54, 1.807) is 18.3 Å². The van der Waals surface area contributed by atoms with Crippen molar-refractivity contribution in [2.75, 3.05) is 18.5 Å². The summed E-state index contributed by atoms with van der Waals surface area (Å²) in [4.78, 5) is 19.9. The molecule has 21 heavy (non-hydrogen) atoms. The molecule has 3 rings (SSSR count). The third-order valence-electron chi connectivity index (χ3n) is 2.96. The van der Waals surface area contributed by atoms with Crippen molar-refractivity contribution in [1.29, 1.82) is 0 Å². The van der Waals surface area contributed by atoms with Gasteiger partial charge in [0.25, 0.3) is 5.91 Å². The monoisotopic (exact) mass is 324 g/mol. The summed E-state index contributed by atoms with van der Waals surface area (Å²) in [5.41, 5.74) is 0.640. The van der Waals surface area contributed by atoms with Gasteiger partial charge >= 0.3 is 0 Å². The molecule has 0 saturated heterocycles. The Morgan fingerprint density at radius 1 is 1.52 bits per heavy atom. The average Bonchev–Trinajstić information content (AvgIpc) is 3.18. The van der Waals surface area contributed by atoms with Crippen molar-refractivity contribution in [1.82, 2.24) is 14.3 Å². The molecule has 0 aromatic carbocycles. The Morgan fingerprint density at radius 2 is 2.38 bits per heavy atom. The van der Waals surface area contributed by atoms with Crippen molar-refractivity contribution in [3.8, 4) is 11.4 Å². The Balaban J connectivity index is 1.57. The molecule has 2 aromatic rings. The molecule has 0 bridgehead atoms. The third kappa shape index (κ3) is 3.96. The van der Waals surface area contributed by atoms with Crippen LogP contribution in [0, 0.1) is 5.92 Å². The van der Waals surface area contributed by atoms with Crippen LogP contribution in [-0.2, 0) is 9.53 Å². The topological polar surface area (TPSA) is 77.0 Å². The van der Waals surface area contributed by atoms with Crippen LogP contribution in [0.2, 0.25) is 5.15 Å². The maximum absolute atomic E-state index is 11.7. The maximum Gasteiger partial charge on any atom is 0.252 e. The van der Waals surface area contributed by atoms with E-state index in [4.69, 9.17) is 16.3 Å². The predicted octanol–water partition coefficient (Wildman–Crippen LogP) is 2.62. The highest BCUT2D eigenvalue weighted by Crippen LogP contribution is 2.29. The first-order chi connectivity index (χ1) is 10.2. The van der Waals surface area contributed by atoms with E-state index in [0.29, 0.717) is 34.2 Å². The number of hydrogen-bond donors (Lipinski definition) is 1. The number of rotatable bonds is 6. The van der Waals surface area contributed by atoms with Crippen LogP contribution in [0.4, 0.5) is 5.13 Å². The molecule has 0 unspecified atom stereocenters. The van der Waals surface area contributed by atoms with E-state index in [2.05, 4.69) is 19.7 Å². The Hall–Kier alpha value is -1.57. The molecular formula is C13H13ClN4O2S. The summed E-state index contributed by atoms with van der Waals surface area (Å²) < 4.78 is 9.48. The van der Waals surface area contributed by atoms with E-state index >= 15 is 0 Å². The van der Waals surface area contributed by atoms with Crippen LogP contribution in [0.15, 0.2) is 18.3 Å². The molecule has 2 aromatic heterocycles. The van der Waals surface area contributed by atoms with Gasteiger partial charge in [-0.25, -0.2) is 4.98 Å². The van der Waals surface area contributed by atoms with Gasteiger partial charge in [-0.05, 0) is 30.9 Å². The van der Waals surface area contributed by atoms with Crippen molar-refractivity contribution in [2.45, 2.75) is 12.8 Å². The molecule has 0 aliphatic heterocycles. The van der Waals surface area contributed by atoms with Crippen molar-refractivity contribution in [3.05, 3.63) is 23.5 Å². The molecular weight excluding hydrogens is 312 g/mol. The number of pyridine rings is 1. The van der Waals surface area contributed by atoms with Gasteiger partial charge in [-0.1, -0.05) is 11.6 Å². The normalized spacial score (nSPS) is 14.1. The summed E-state index contributed by atoms with van der Waals surface area (Å²) in [7, 11) is 0. The average molecular weight is 325 g/mol. The van der Waals surface area contributed by atoms with Gasteiger partial charge in [0.05, 0.1) is 12.2 Å². The first-order valence-corrected chi connectivity index (χ1v) is 7.69. The predicted molar refractivity (Wildman–Crippen MR) is 80.3 cm³/mol. The largest absolute Gasteiger partial charge is 0.371 e. The molecule has 0 radical (unpaired) electrons. The molecule has 1 saturated carbocycles. The number of halogens is 1. The Kier molecular flexibility index (Phi) is 4.42. The van der Waals surface area contributed by atoms with E-state index in [1.165, 1.54) is 12.8 Å². The summed E-state index contributed by atoms with van der Waals surface area (Å²) in [5, 5.41) is 3.42. The number of anilines is 1. The van der Waals surface area contributed by atoms with E-state index in [1.807, 2.05) is 0 Å². The lowest BCUT2D eigenvalue weighted by molar-refractivity contribution is -0.120. The zero-order valence-electron chi connectivity index (χ0n) is 11.1. The van der Waals surface area contributed by atoms with E-state index in [0.717, 1.165) is 11.5 Å². The van der Waals surface area contributed by atoms with Gasteiger partial charge < -0.3 is 4.74 Å².